The molecule has 0 spiro atoms. The van der Waals surface area contributed by atoms with Gasteiger partial charge in [-0.3, -0.25) is 14.2 Å². The van der Waals surface area contributed by atoms with E-state index < -0.39 is 5.91 Å². The van der Waals surface area contributed by atoms with Crippen LogP contribution in [0.1, 0.15) is 28.9 Å². The molecule has 0 bridgehead atoms. The molecule has 1 aromatic carbocycles. The predicted molar refractivity (Wildman–Crippen MR) is 132 cm³/mol. The molecule has 1 aliphatic rings. The number of hydrogen-bond donors (Lipinski definition) is 4. The van der Waals surface area contributed by atoms with E-state index in [9.17, 15) is 9.59 Å². The van der Waals surface area contributed by atoms with Crippen LogP contribution in [0.5, 0.6) is 0 Å². The molecule has 5 N–H and O–H groups in total. The second kappa shape index (κ2) is 10.8. The third-order valence-corrected chi connectivity index (χ3v) is 5.67. The van der Waals surface area contributed by atoms with Gasteiger partial charge in [-0.2, -0.15) is 4.98 Å². The van der Waals surface area contributed by atoms with Gasteiger partial charge in [-0.25, -0.2) is 4.98 Å². The van der Waals surface area contributed by atoms with Crippen LogP contribution in [0, 0.1) is 0 Å². The first-order chi connectivity index (χ1) is 16.5. The zero-order valence-corrected chi connectivity index (χ0v) is 19.2. The molecular formula is C24H30N8O2. The smallest absolute Gasteiger partial charge is 0.272 e. The Balaban J connectivity index is 1.59. The summed E-state index contributed by atoms with van der Waals surface area (Å²) in [4.78, 5) is 36.6. The molecule has 2 aromatic heterocycles. The minimum atomic E-state index is -0.392. The Morgan fingerprint density at radius 3 is 2.65 bits per heavy atom. The minimum Gasteiger partial charge on any atom is -0.371 e. The third kappa shape index (κ3) is 5.52. The molecule has 1 aliphatic heterocycles. The second-order valence-corrected chi connectivity index (χ2v) is 8.22. The minimum absolute atomic E-state index is 0.0567. The maximum absolute atomic E-state index is 13.3. The van der Waals surface area contributed by atoms with E-state index >= 15 is 0 Å². The van der Waals surface area contributed by atoms with Crippen molar-refractivity contribution in [3.63, 3.8) is 0 Å². The molecular weight excluding hydrogens is 432 g/mol. The number of piperidine rings is 1. The van der Waals surface area contributed by atoms with Crippen LogP contribution < -0.4 is 26.6 Å². The Kier molecular flexibility index (Phi) is 7.38. The van der Waals surface area contributed by atoms with Crippen LogP contribution in [0.2, 0.25) is 0 Å². The predicted octanol–water partition coefficient (Wildman–Crippen LogP) is 1.66. The number of hydrogen-bond acceptors (Lipinski definition) is 7. The number of anilines is 3. The van der Waals surface area contributed by atoms with Gasteiger partial charge >= 0.3 is 0 Å². The van der Waals surface area contributed by atoms with Gasteiger partial charge in [-0.05, 0) is 30.5 Å². The standard InChI is InChI=1S/C24H30N8O2/c1-26-22-21(23(34)28-14-20(33)29-19-11-5-6-12-27-19)32(15-17-8-3-2-4-9-17)24(30-22)31-13-7-10-18(25)16-31/h2-6,8-9,11-12,18,26H,7,10,13-16,25H2,1H3,(H,28,34)(H,27,29,33)/t18-/m1/s1. The van der Waals surface area contributed by atoms with Gasteiger partial charge in [-0.1, -0.05) is 36.4 Å². The highest BCUT2D eigenvalue weighted by Gasteiger charge is 2.28. The lowest BCUT2D eigenvalue weighted by Crippen LogP contribution is -2.44. The lowest BCUT2D eigenvalue weighted by atomic mass is 10.1. The number of imidazole rings is 1. The lowest BCUT2D eigenvalue weighted by molar-refractivity contribution is -0.115. The summed E-state index contributed by atoms with van der Waals surface area (Å²) in [6.45, 7) is 1.75. The SMILES string of the molecule is CNc1nc(N2CCC[C@@H](N)C2)n(Cc2ccccc2)c1C(=O)NCC(=O)Nc1ccccn1. The van der Waals surface area contributed by atoms with Gasteiger partial charge in [0.2, 0.25) is 11.9 Å². The summed E-state index contributed by atoms with van der Waals surface area (Å²) in [6.07, 6.45) is 3.51. The zero-order chi connectivity index (χ0) is 23.9. The van der Waals surface area contributed by atoms with Crippen molar-refractivity contribution in [2.75, 3.05) is 42.2 Å². The van der Waals surface area contributed by atoms with Crippen LogP contribution in [0.3, 0.4) is 0 Å². The highest BCUT2D eigenvalue weighted by atomic mass is 16.2. The maximum atomic E-state index is 13.3. The number of rotatable bonds is 8. The molecule has 1 atom stereocenters. The Morgan fingerprint density at radius 2 is 1.94 bits per heavy atom. The van der Waals surface area contributed by atoms with Crippen LogP contribution in [-0.2, 0) is 11.3 Å². The molecule has 4 rings (SSSR count). The van der Waals surface area contributed by atoms with Crippen molar-refractivity contribution in [1.29, 1.82) is 0 Å². The zero-order valence-electron chi connectivity index (χ0n) is 19.2. The number of aromatic nitrogens is 3. The maximum Gasteiger partial charge on any atom is 0.272 e. The average Bonchev–Trinajstić information content (AvgIpc) is 3.22. The van der Waals surface area contributed by atoms with Gasteiger partial charge in [0, 0.05) is 32.4 Å². The summed E-state index contributed by atoms with van der Waals surface area (Å²) in [7, 11) is 1.73. The molecule has 0 saturated carbocycles. The van der Waals surface area contributed by atoms with Gasteiger partial charge in [-0.15, -0.1) is 0 Å². The normalized spacial score (nSPS) is 15.6. The van der Waals surface area contributed by atoms with Gasteiger partial charge < -0.3 is 26.6 Å². The summed E-state index contributed by atoms with van der Waals surface area (Å²) in [6, 6.07) is 15.2. The van der Waals surface area contributed by atoms with Gasteiger partial charge in [0.1, 0.15) is 5.82 Å². The number of amides is 2. The Hall–Kier alpha value is -3.92. The number of carbonyl (C=O) groups excluding carboxylic acids is 2. The monoisotopic (exact) mass is 462 g/mol. The van der Waals surface area contributed by atoms with E-state index in [1.165, 1.54) is 0 Å². The molecule has 3 heterocycles. The number of pyridine rings is 1. The Bertz CT molecular complexity index is 1120. The fourth-order valence-electron chi connectivity index (χ4n) is 4.06. The van der Waals surface area contributed by atoms with E-state index in [1.54, 1.807) is 31.4 Å². The van der Waals surface area contributed by atoms with E-state index in [0.717, 1.165) is 24.9 Å². The Labute approximate surface area is 198 Å². The second-order valence-electron chi connectivity index (χ2n) is 8.22. The fourth-order valence-corrected chi connectivity index (χ4v) is 4.06. The van der Waals surface area contributed by atoms with Crippen molar-refractivity contribution in [3.8, 4) is 0 Å². The topological polar surface area (TPSA) is 130 Å². The number of nitrogens with two attached hydrogens (primary N) is 1. The van der Waals surface area contributed by atoms with Crippen LogP contribution in [0.4, 0.5) is 17.6 Å². The molecule has 34 heavy (non-hydrogen) atoms. The molecule has 1 fully saturated rings. The van der Waals surface area contributed by atoms with Crippen LogP contribution in [0.15, 0.2) is 54.7 Å². The molecule has 178 valence electrons. The van der Waals surface area contributed by atoms with Crippen LogP contribution in [0.25, 0.3) is 0 Å². The lowest BCUT2D eigenvalue weighted by Gasteiger charge is -2.32. The van der Waals surface area contributed by atoms with E-state index in [4.69, 9.17) is 10.7 Å². The van der Waals surface area contributed by atoms with Crippen molar-refractivity contribution >= 4 is 29.4 Å². The molecule has 10 heteroatoms. The third-order valence-electron chi connectivity index (χ3n) is 5.67. The number of carbonyl (C=O) groups is 2. The van der Waals surface area contributed by atoms with Crippen molar-refractivity contribution in [3.05, 3.63) is 66.0 Å². The average molecular weight is 463 g/mol. The molecule has 3 aromatic rings. The molecule has 2 amide bonds. The first-order valence-corrected chi connectivity index (χ1v) is 11.4. The number of nitrogens with zero attached hydrogens (tertiary/aromatic N) is 4. The summed E-state index contributed by atoms with van der Waals surface area (Å²) in [5, 5.41) is 8.43. The van der Waals surface area contributed by atoms with Crippen LogP contribution >= 0.6 is 0 Å². The highest BCUT2D eigenvalue weighted by molar-refractivity contribution is 6.01. The van der Waals surface area contributed by atoms with Crippen LogP contribution in [-0.4, -0.2) is 59.1 Å². The fraction of sp³-hybridized carbons (Fsp3) is 0.333. The van der Waals surface area contributed by atoms with Crippen molar-refractivity contribution < 1.29 is 9.59 Å². The molecule has 1 saturated heterocycles. The summed E-state index contributed by atoms with van der Waals surface area (Å²) >= 11 is 0. The first kappa shape index (κ1) is 23.2. The van der Waals surface area contributed by atoms with Crippen molar-refractivity contribution in [1.82, 2.24) is 19.9 Å². The summed E-state index contributed by atoms with van der Waals surface area (Å²) in [5.41, 5.74) is 7.62. The Morgan fingerprint density at radius 1 is 1.15 bits per heavy atom. The van der Waals surface area contributed by atoms with Crippen molar-refractivity contribution in [2.24, 2.45) is 5.73 Å². The van der Waals surface area contributed by atoms with E-state index in [0.29, 0.717) is 36.4 Å². The van der Waals surface area contributed by atoms with E-state index in [2.05, 4.69) is 25.8 Å². The molecule has 0 unspecified atom stereocenters. The van der Waals surface area contributed by atoms with Gasteiger partial charge in [0.25, 0.3) is 5.91 Å². The van der Waals surface area contributed by atoms with Gasteiger partial charge in [0.15, 0.2) is 11.5 Å². The molecule has 0 aliphatic carbocycles. The van der Waals surface area contributed by atoms with E-state index in [1.807, 2.05) is 34.9 Å². The molecule has 0 radical (unpaired) electrons. The quantitative estimate of drug-likeness (QED) is 0.401. The highest BCUT2D eigenvalue weighted by Crippen LogP contribution is 2.27. The largest absolute Gasteiger partial charge is 0.371 e. The number of nitrogens with one attached hydrogen (secondary N) is 3. The van der Waals surface area contributed by atoms with Gasteiger partial charge in [0.05, 0.1) is 13.1 Å². The van der Waals surface area contributed by atoms with Crippen molar-refractivity contribution in [2.45, 2.75) is 25.4 Å². The van der Waals surface area contributed by atoms with E-state index in [-0.39, 0.29) is 18.5 Å². The molecule has 10 nitrogen and oxygen atoms in total. The summed E-state index contributed by atoms with van der Waals surface area (Å²) < 4.78 is 1.89. The number of benzene rings is 1. The first-order valence-electron chi connectivity index (χ1n) is 11.4. The summed E-state index contributed by atoms with van der Waals surface area (Å²) in [5.74, 6) is 0.806.